The first-order chi connectivity index (χ1) is 12.2. The molecule has 136 valence electrons. The summed E-state index contributed by atoms with van der Waals surface area (Å²) in [4.78, 5) is 26.3. The summed E-state index contributed by atoms with van der Waals surface area (Å²) in [6.45, 7) is 0.180. The number of rotatable bonds is 6. The molecular formula is C20H27NO4. The van der Waals surface area contributed by atoms with E-state index in [1.54, 1.807) is 0 Å². The van der Waals surface area contributed by atoms with E-state index >= 15 is 0 Å². The second kappa shape index (κ2) is 8.37. The maximum absolute atomic E-state index is 12.7. The van der Waals surface area contributed by atoms with Crippen LogP contribution in [0.15, 0.2) is 30.3 Å². The fraction of sp³-hybridized carbons (Fsp3) is 0.600. The van der Waals surface area contributed by atoms with Crippen LogP contribution in [0.1, 0.15) is 56.9 Å². The SMILES string of the molecule is O=C(O)C(C1CCCCCC1)N(C(=O)OCc1ccccc1)C1CC1. The van der Waals surface area contributed by atoms with Crippen LogP contribution in [-0.4, -0.2) is 34.2 Å². The lowest BCUT2D eigenvalue weighted by molar-refractivity contribution is -0.145. The standard InChI is InChI=1S/C20H27NO4/c22-19(23)18(16-10-6-1-2-7-11-16)21(17-12-13-17)20(24)25-14-15-8-4-3-5-9-15/h3-5,8-9,16-18H,1-2,6-7,10-14H2,(H,22,23). The van der Waals surface area contributed by atoms with Gasteiger partial charge in [-0.3, -0.25) is 4.90 Å². The molecule has 1 atom stereocenters. The highest BCUT2D eigenvalue weighted by Gasteiger charge is 2.45. The first-order valence-electron chi connectivity index (χ1n) is 9.38. The largest absolute Gasteiger partial charge is 0.480 e. The number of carbonyl (C=O) groups excluding carboxylic acids is 1. The number of hydrogen-bond acceptors (Lipinski definition) is 3. The third kappa shape index (κ3) is 4.74. The van der Waals surface area contributed by atoms with Gasteiger partial charge in [0.25, 0.3) is 0 Å². The van der Waals surface area contributed by atoms with Gasteiger partial charge in [0.2, 0.25) is 0 Å². The molecule has 1 unspecified atom stereocenters. The number of aliphatic carboxylic acids is 1. The minimum absolute atomic E-state index is 0.0210. The van der Waals surface area contributed by atoms with Crippen LogP contribution in [0.25, 0.3) is 0 Å². The molecule has 2 aliphatic carbocycles. The van der Waals surface area contributed by atoms with Gasteiger partial charge in [0.1, 0.15) is 12.6 Å². The number of carboxylic acids is 1. The average Bonchev–Trinajstić information content (AvgIpc) is 3.45. The Balaban J connectivity index is 1.70. The minimum Gasteiger partial charge on any atom is -0.480 e. The molecule has 3 rings (SSSR count). The normalized spacial score (nSPS) is 19.7. The Morgan fingerprint density at radius 3 is 2.24 bits per heavy atom. The van der Waals surface area contributed by atoms with Gasteiger partial charge in [0, 0.05) is 6.04 Å². The fourth-order valence-electron chi connectivity index (χ4n) is 3.81. The van der Waals surface area contributed by atoms with Crippen LogP contribution in [0.3, 0.4) is 0 Å². The van der Waals surface area contributed by atoms with Crippen LogP contribution < -0.4 is 0 Å². The molecule has 2 saturated carbocycles. The highest BCUT2D eigenvalue weighted by Crippen LogP contribution is 2.35. The summed E-state index contributed by atoms with van der Waals surface area (Å²) >= 11 is 0. The van der Waals surface area contributed by atoms with Gasteiger partial charge in [-0.15, -0.1) is 0 Å². The van der Waals surface area contributed by atoms with E-state index in [2.05, 4.69) is 0 Å². The maximum atomic E-state index is 12.7. The second-order valence-electron chi connectivity index (χ2n) is 7.21. The molecule has 0 aromatic heterocycles. The summed E-state index contributed by atoms with van der Waals surface area (Å²) in [7, 11) is 0. The molecule has 5 nitrogen and oxygen atoms in total. The van der Waals surface area contributed by atoms with E-state index in [1.165, 1.54) is 4.90 Å². The molecule has 0 aliphatic heterocycles. The molecule has 0 radical (unpaired) electrons. The van der Waals surface area contributed by atoms with Crippen molar-refractivity contribution in [2.24, 2.45) is 5.92 Å². The van der Waals surface area contributed by atoms with E-state index in [1.807, 2.05) is 30.3 Å². The lowest BCUT2D eigenvalue weighted by atomic mass is 9.90. The Morgan fingerprint density at radius 1 is 1.04 bits per heavy atom. The Kier molecular flexibility index (Phi) is 5.95. The first-order valence-corrected chi connectivity index (χ1v) is 9.38. The van der Waals surface area contributed by atoms with Crippen LogP contribution in [0, 0.1) is 5.92 Å². The molecule has 0 saturated heterocycles. The Hall–Kier alpha value is -2.04. The van der Waals surface area contributed by atoms with E-state index in [0.29, 0.717) is 0 Å². The predicted molar refractivity (Wildman–Crippen MR) is 94.1 cm³/mol. The highest BCUT2D eigenvalue weighted by atomic mass is 16.6. The zero-order valence-corrected chi connectivity index (χ0v) is 14.6. The summed E-state index contributed by atoms with van der Waals surface area (Å²) in [5.41, 5.74) is 0.910. The van der Waals surface area contributed by atoms with Crippen LogP contribution in [0.4, 0.5) is 4.79 Å². The van der Waals surface area contributed by atoms with Crippen LogP contribution >= 0.6 is 0 Å². The average molecular weight is 345 g/mol. The first kappa shape index (κ1) is 17.8. The fourth-order valence-corrected chi connectivity index (χ4v) is 3.81. The van der Waals surface area contributed by atoms with Crippen molar-refractivity contribution >= 4 is 12.1 Å². The molecule has 2 fully saturated rings. The molecule has 5 heteroatoms. The van der Waals surface area contributed by atoms with Crippen molar-refractivity contribution in [2.75, 3.05) is 0 Å². The summed E-state index contributed by atoms with van der Waals surface area (Å²) in [6.07, 6.45) is 7.43. The van der Waals surface area contributed by atoms with Crippen LogP contribution in [-0.2, 0) is 16.1 Å². The molecular weight excluding hydrogens is 318 g/mol. The Morgan fingerprint density at radius 2 is 1.68 bits per heavy atom. The smallest absolute Gasteiger partial charge is 0.411 e. The van der Waals surface area contributed by atoms with E-state index in [0.717, 1.165) is 56.9 Å². The van der Waals surface area contributed by atoms with Gasteiger partial charge in [-0.1, -0.05) is 56.0 Å². The van der Waals surface area contributed by atoms with Crippen LogP contribution in [0.5, 0.6) is 0 Å². The Bertz CT molecular complexity index is 577. The van der Waals surface area contributed by atoms with E-state index in [9.17, 15) is 14.7 Å². The number of hydrogen-bond donors (Lipinski definition) is 1. The van der Waals surface area contributed by atoms with Gasteiger partial charge in [-0.25, -0.2) is 9.59 Å². The zero-order valence-electron chi connectivity index (χ0n) is 14.6. The molecule has 0 heterocycles. The third-order valence-electron chi connectivity index (χ3n) is 5.26. The third-order valence-corrected chi connectivity index (χ3v) is 5.26. The molecule has 2 aliphatic rings. The van der Waals surface area contributed by atoms with Crippen molar-refractivity contribution in [3.8, 4) is 0 Å². The van der Waals surface area contributed by atoms with Crippen molar-refractivity contribution in [2.45, 2.75) is 70.1 Å². The monoisotopic (exact) mass is 345 g/mol. The number of benzene rings is 1. The summed E-state index contributed by atoms with van der Waals surface area (Å²) in [5.74, 6) is -0.861. The summed E-state index contributed by atoms with van der Waals surface area (Å²) in [5, 5.41) is 9.85. The van der Waals surface area contributed by atoms with E-state index < -0.39 is 18.1 Å². The molecule has 0 spiro atoms. The molecule has 1 amide bonds. The van der Waals surface area contributed by atoms with E-state index in [4.69, 9.17) is 4.74 Å². The number of carbonyl (C=O) groups is 2. The molecule has 0 bridgehead atoms. The Labute approximate surface area is 149 Å². The van der Waals surface area contributed by atoms with Gasteiger partial charge in [0.15, 0.2) is 0 Å². The van der Waals surface area contributed by atoms with Crippen LogP contribution in [0.2, 0.25) is 0 Å². The van der Waals surface area contributed by atoms with E-state index in [-0.39, 0.29) is 18.6 Å². The number of ether oxygens (including phenoxy) is 1. The van der Waals surface area contributed by atoms with Gasteiger partial charge in [0.05, 0.1) is 0 Å². The van der Waals surface area contributed by atoms with Gasteiger partial charge < -0.3 is 9.84 Å². The molecule has 25 heavy (non-hydrogen) atoms. The molecule has 1 aromatic rings. The van der Waals surface area contributed by atoms with Crippen molar-refractivity contribution in [1.82, 2.24) is 4.90 Å². The van der Waals surface area contributed by atoms with Gasteiger partial charge in [-0.2, -0.15) is 0 Å². The predicted octanol–water partition coefficient (Wildman–Crippen LogP) is 4.21. The van der Waals surface area contributed by atoms with Gasteiger partial charge >= 0.3 is 12.1 Å². The summed E-state index contributed by atoms with van der Waals surface area (Å²) in [6, 6.07) is 8.76. The van der Waals surface area contributed by atoms with Gasteiger partial charge in [-0.05, 0) is 37.2 Å². The van der Waals surface area contributed by atoms with Crippen molar-refractivity contribution in [3.05, 3.63) is 35.9 Å². The molecule has 1 N–H and O–H groups in total. The quantitative estimate of drug-likeness (QED) is 0.784. The van der Waals surface area contributed by atoms with Crippen molar-refractivity contribution in [1.29, 1.82) is 0 Å². The number of amides is 1. The number of nitrogens with zero attached hydrogens (tertiary/aromatic N) is 1. The van der Waals surface area contributed by atoms with Crippen molar-refractivity contribution < 1.29 is 19.4 Å². The second-order valence-corrected chi connectivity index (χ2v) is 7.21. The number of carboxylic acid groups (broad SMARTS) is 1. The highest BCUT2D eigenvalue weighted by molar-refractivity contribution is 5.81. The molecule has 1 aromatic carbocycles. The zero-order chi connectivity index (χ0) is 17.6. The lowest BCUT2D eigenvalue weighted by Crippen LogP contribution is -2.50. The lowest BCUT2D eigenvalue weighted by Gasteiger charge is -2.33. The topological polar surface area (TPSA) is 66.8 Å². The summed E-state index contributed by atoms with van der Waals surface area (Å²) < 4.78 is 5.47. The maximum Gasteiger partial charge on any atom is 0.411 e. The minimum atomic E-state index is -0.893. The van der Waals surface area contributed by atoms with Crippen molar-refractivity contribution in [3.63, 3.8) is 0 Å².